The lowest BCUT2D eigenvalue weighted by molar-refractivity contribution is -0.144. The van der Waals surface area contributed by atoms with E-state index in [2.05, 4.69) is 4.98 Å². The Morgan fingerprint density at radius 1 is 1.06 bits per heavy atom. The molecule has 34 heavy (non-hydrogen) atoms. The number of oxazole rings is 1. The molecular weight excluding hydrogens is 428 g/mol. The Hall–Kier alpha value is -3.90. The minimum atomic E-state index is -0.794. The maximum atomic E-state index is 11.9. The van der Waals surface area contributed by atoms with Crippen molar-refractivity contribution in [3.8, 4) is 17.2 Å². The minimum absolute atomic E-state index is 0.298. The van der Waals surface area contributed by atoms with Crippen molar-refractivity contribution in [1.82, 2.24) is 9.88 Å². The number of aliphatic carboxylic acids is 1. The Morgan fingerprint density at radius 2 is 1.79 bits per heavy atom. The summed E-state index contributed by atoms with van der Waals surface area (Å²) in [4.78, 5) is 18.6. The molecule has 0 saturated heterocycles. The van der Waals surface area contributed by atoms with Crippen molar-refractivity contribution in [2.75, 3.05) is 0 Å². The van der Waals surface area contributed by atoms with Crippen molar-refractivity contribution in [2.24, 2.45) is 0 Å². The third kappa shape index (κ3) is 4.72. The van der Waals surface area contributed by atoms with Crippen LogP contribution >= 0.6 is 0 Å². The van der Waals surface area contributed by atoms with Crippen molar-refractivity contribution in [3.05, 3.63) is 107 Å². The Balaban J connectivity index is 1.31. The van der Waals surface area contributed by atoms with E-state index in [1.165, 1.54) is 0 Å². The van der Waals surface area contributed by atoms with E-state index in [0.29, 0.717) is 32.0 Å². The zero-order valence-electron chi connectivity index (χ0n) is 19.0. The number of rotatable bonds is 7. The van der Waals surface area contributed by atoms with E-state index in [-0.39, 0.29) is 0 Å². The maximum Gasteiger partial charge on any atom is 0.321 e. The molecule has 0 fully saturated rings. The number of fused-ring (bicyclic) bond motifs is 1. The van der Waals surface area contributed by atoms with Crippen molar-refractivity contribution < 1.29 is 19.1 Å². The molecule has 1 aliphatic rings. The van der Waals surface area contributed by atoms with Gasteiger partial charge in [-0.3, -0.25) is 9.69 Å². The third-order valence-electron chi connectivity index (χ3n) is 6.21. The van der Waals surface area contributed by atoms with Crippen LogP contribution in [0.1, 0.15) is 28.1 Å². The fraction of sp³-hybridized carbons (Fsp3) is 0.214. The van der Waals surface area contributed by atoms with Gasteiger partial charge in [-0.05, 0) is 54.3 Å². The Bertz CT molecular complexity index is 1280. The lowest BCUT2D eigenvalue weighted by atomic mass is 9.93. The van der Waals surface area contributed by atoms with Crippen LogP contribution < -0.4 is 4.74 Å². The summed E-state index contributed by atoms with van der Waals surface area (Å²) in [6.45, 7) is 3.33. The van der Waals surface area contributed by atoms with Crippen LogP contribution in [0.25, 0.3) is 11.5 Å². The van der Waals surface area contributed by atoms with Crippen LogP contribution in [0.3, 0.4) is 0 Å². The van der Waals surface area contributed by atoms with Gasteiger partial charge in [0, 0.05) is 18.7 Å². The first-order valence-corrected chi connectivity index (χ1v) is 11.3. The number of ether oxygens (including phenoxy) is 1. The van der Waals surface area contributed by atoms with Gasteiger partial charge >= 0.3 is 5.97 Å². The monoisotopic (exact) mass is 454 g/mol. The van der Waals surface area contributed by atoms with Gasteiger partial charge in [-0.1, -0.05) is 54.6 Å². The van der Waals surface area contributed by atoms with Crippen molar-refractivity contribution in [3.63, 3.8) is 0 Å². The number of aromatic nitrogens is 1. The largest absolute Gasteiger partial charge is 0.487 e. The highest BCUT2D eigenvalue weighted by Gasteiger charge is 2.31. The first-order chi connectivity index (χ1) is 16.6. The molecule has 5 rings (SSSR count). The second kappa shape index (κ2) is 9.53. The van der Waals surface area contributed by atoms with E-state index in [1.807, 2.05) is 90.7 Å². The minimum Gasteiger partial charge on any atom is -0.487 e. The second-order valence-electron chi connectivity index (χ2n) is 8.56. The van der Waals surface area contributed by atoms with E-state index in [4.69, 9.17) is 9.15 Å². The number of carboxylic acids is 1. The molecule has 1 aliphatic heterocycles. The molecule has 0 saturated carbocycles. The lowest BCUT2D eigenvalue weighted by Crippen LogP contribution is -2.45. The van der Waals surface area contributed by atoms with Crippen LogP contribution in [-0.2, 0) is 30.9 Å². The highest BCUT2D eigenvalue weighted by atomic mass is 16.5. The molecule has 3 aromatic carbocycles. The average Bonchev–Trinajstić information content (AvgIpc) is 3.23. The predicted molar refractivity (Wildman–Crippen MR) is 128 cm³/mol. The van der Waals surface area contributed by atoms with Crippen molar-refractivity contribution in [2.45, 2.75) is 39.1 Å². The normalized spacial score (nSPS) is 15.6. The van der Waals surface area contributed by atoms with Gasteiger partial charge in [0.15, 0.2) is 0 Å². The number of hydrogen-bond acceptors (Lipinski definition) is 5. The zero-order valence-corrected chi connectivity index (χ0v) is 19.0. The number of carbonyl (C=O) groups is 1. The molecule has 4 aromatic rings. The Kier molecular flexibility index (Phi) is 6.14. The molecule has 1 aromatic heterocycles. The van der Waals surface area contributed by atoms with Gasteiger partial charge in [-0.25, -0.2) is 4.98 Å². The van der Waals surface area contributed by atoms with Gasteiger partial charge in [0.05, 0.1) is 0 Å². The Labute approximate surface area is 198 Å². The molecule has 0 spiro atoms. The van der Waals surface area contributed by atoms with Crippen LogP contribution in [0.5, 0.6) is 5.75 Å². The number of nitrogens with zero attached hydrogens (tertiary/aromatic N) is 2. The van der Waals surface area contributed by atoms with E-state index >= 15 is 0 Å². The fourth-order valence-electron chi connectivity index (χ4n) is 4.35. The van der Waals surface area contributed by atoms with Crippen LogP contribution in [0.2, 0.25) is 0 Å². The molecular formula is C28H26N2O4. The number of benzene rings is 3. The quantitative estimate of drug-likeness (QED) is 0.412. The SMILES string of the molecule is Cc1oc(-c2ccccc2)nc1COc1ccc2c(c1)CN(Cc1ccccc1)[C@H](C(=O)O)C2. The predicted octanol–water partition coefficient (Wildman–Crippen LogP) is 5.24. The maximum absolute atomic E-state index is 11.9. The summed E-state index contributed by atoms with van der Waals surface area (Å²) in [5.74, 6) is 1.25. The summed E-state index contributed by atoms with van der Waals surface area (Å²) >= 11 is 0. The molecule has 0 unspecified atom stereocenters. The van der Waals surface area contributed by atoms with Gasteiger partial charge in [0.25, 0.3) is 0 Å². The smallest absolute Gasteiger partial charge is 0.321 e. The van der Waals surface area contributed by atoms with Gasteiger partial charge in [-0.2, -0.15) is 0 Å². The van der Waals surface area contributed by atoms with E-state index < -0.39 is 12.0 Å². The summed E-state index contributed by atoms with van der Waals surface area (Å²) in [6.07, 6.45) is 0.473. The van der Waals surface area contributed by atoms with Gasteiger partial charge in [-0.15, -0.1) is 0 Å². The molecule has 1 atom stereocenters. The van der Waals surface area contributed by atoms with E-state index in [0.717, 1.165) is 39.5 Å². The van der Waals surface area contributed by atoms with Crippen LogP contribution in [0, 0.1) is 6.92 Å². The lowest BCUT2D eigenvalue weighted by Gasteiger charge is -2.34. The van der Waals surface area contributed by atoms with Gasteiger partial charge < -0.3 is 14.3 Å². The molecule has 0 radical (unpaired) electrons. The van der Waals surface area contributed by atoms with Gasteiger partial charge in [0.1, 0.15) is 29.9 Å². The topological polar surface area (TPSA) is 75.8 Å². The highest BCUT2D eigenvalue weighted by molar-refractivity contribution is 5.74. The molecule has 172 valence electrons. The van der Waals surface area contributed by atoms with E-state index in [9.17, 15) is 9.90 Å². The second-order valence-corrected chi connectivity index (χ2v) is 8.56. The number of aryl methyl sites for hydroxylation is 1. The zero-order chi connectivity index (χ0) is 23.5. The standard InChI is InChI=1S/C28H26N2O4/c1-19-25(29-27(34-19)21-10-6-3-7-11-21)18-33-24-13-12-22-15-26(28(31)32)30(17-23(22)14-24)16-20-8-4-2-5-9-20/h2-14,26H,15-18H2,1H3,(H,31,32)/t26-/m0/s1. The summed E-state index contributed by atoms with van der Waals surface area (Å²) in [7, 11) is 0. The third-order valence-corrected chi connectivity index (χ3v) is 6.21. The first-order valence-electron chi connectivity index (χ1n) is 11.3. The molecule has 0 aliphatic carbocycles. The highest BCUT2D eigenvalue weighted by Crippen LogP contribution is 2.29. The molecule has 0 bridgehead atoms. The van der Waals surface area contributed by atoms with Crippen LogP contribution in [0.4, 0.5) is 0 Å². The summed E-state index contributed by atoms with van der Waals surface area (Å²) in [5, 5.41) is 9.81. The number of hydrogen-bond donors (Lipinski definition) is 1. The summed E-state index contributed by atoms with van der Waals surface area (Å²) in [6, 6.07) is 25.1. The van der Waals surface area contributed by atoms with Crippen molar-refractivity contribution in [1.29, 1.82) is 0 Å². The van der Waals surface area contributed by atoms with Crippen LogP contribution in [-0.4, -0.2) is 27.0 Å². The Morgan fingerprint density at radius 3 is 2.53 bits per heavy atom. The number of carboxylic acid groups (broad SMARTS) is 1. The molecule has 6 heteroatoms. The summed E-state index contributed by atoms with van der Waals surface area (Å²) in [5.41, 5.74) is 4.92. The first kappa shape index (κ1) is 21.9. The molecule has 6 nitrogen and oxygen atoms in total. The summed E-state index contributed by atoms with van der Waals surface area (Å²) < 4.78 is 11.9. The van der Waals surface area contributed by atoms with Crippen LogP contribution in [0.15, 0.2) is 83.3 Å². The van der Waals surface area contributed by atoms with E-state index in [1.54, 1.807) is 0 Å². The van der Waals surface area contributed by atoms with Crippen molar-refractivity contribution >= 4 is 5.97 Å². The average molecular weight is 455 g/mol. The molecule has 2 heterocycles. The molecule has 0 amide bonds. The fourth-order valence-corrected chi connectivity index (χ4v) is 4.35. The molecule has 1 N–H and O–H groups in total. The van der Waals surface area contributed by atoms with Gasteiger partial charge in [0.2, 0.25) is 5.89 Å².